The molecule has 0 saturated heterocycles. The van der Waals surface area contributed by atoms with Crippen molar-refractivity contribution in [3.05, 3.63) is 113 Å². The average Bonchev–Trinajstić information content (AvgIpc) is 2.93. The molecule has 4 aromatic rings. The van der Waals surface area contributed by atoms with Crippen LogP contribution in [0.1, 0.15) is 24.5 Å². The fourth-order valence-corrected chi connectivity index (χ4v) is 4.38. The van der Waals surface area contributed by atoms with Gasteiger partial charge in [0.2, 0.25) is 5.91 Å². The maximum atomic E-state index is 13.7. The summed E-state index contributed by atoms with van der Waals surface area (Å²) < 4.78 is 6.04. The van der Waals surface area contributed by atoms with Crippen LogP contribution < -0.4 is 10.1 Å². The van der Waals surface area contributed by atoms with Gasteiger partial charge < -0.3 is 15.0 Å². The lowest BCUT2D eigenvalue weighted by Crippen LogP contribution is -2.51. The summed E-state index contributed by atoms with van der Waals surface area (Å²) in [6.07, 6.45) is 1.20. The summed E-state index contributed by atoms with van der Waals surface area (Å²) in [6, 6.07) is 30.0. The number of amides is 2. The molecule has 0 heterocycles. The van der Waals surface area contributed by atoms with Crippen LogP contribution in [0, 0.1) is 0 Å². The summed E-state index contributed by atoms with van der Waals surface area (Å²) in [5, 5.41) is 5.57. The Labute approximate surface area is 223 Å². The third kappa shape index (κ3) is 7.11. The number of hydrogen-bond acceptors (Lipinski definition) is 3. The van der Waals surface area contributed by atoms with Gasteiger partial charge in [0.1, 0.15) is 11.8 Å². The Bertz CT molecular complexity index is 1320. The first-order valence-corrected chi connectivity index (χ1v) is 12.9. The summed E-state index contributed by atoms with van der Waals surface area (Å²) >= 11 is 6.09. The van der Waals surface area contributed by atoms with Gasteiger partial charge in [0.15, 0.2) is 6.61 Å². The highest BCUT2D eigenvalue weighted by Gasteiger charge is 2.30. The Morgan fingerprint density at radius 3 is 2.32 bits per heavy atom. The standard InChI is InChI=1S/C31H31ClN2O3/c1-2-19-33-31(36)28(20-23-9-4-3-5-10-23)34(21-24-15-17-26(32)18-16-24)30(35)22-37-29-14-8-12-25-11-6-7-13-27(25)29/h3-18,28H,2,19-22H2,1H3,(H,33,36)/t28-/m1/s1. The zero-order valence-corrected chi connectivity index (χ0v) is 21.7. The minimum absolute atomic E-state index is 0.182. The second kappa shape index (κ2) is 12.9. The molecule has 4 aromatic carbocycles. The zero-order chi connectivity index (χ0) is 26.0. The van der Waals surface area contributed by atoms with Crippen molar-refractivity contribution >= 4 is 34.2 Å². The molecule has 0 saturated carbocycles. The molecule has 0 aliphatic heterocycles. The number of nitrogens with one attached hydrogen (secondary N) is 1. The number of ether oxygens (including phenoxy) is 1. The van der Waals surface area contributed by atoms with Gasteiger partial charge in [0.25, 0.3) is 5.91 Å². The Morgan fingerprint density at radius 2 is 1.57 bits per heavy atom. The highest BCUT2D eigenvalue weighted by Crippen LogP contribution is 2.25. The maximum Gasteiger partial charge on any atom is 0.261 e. The van der Waals surface area contributed by atoms with Crippen LogP contribution in [0.4, 0.5) is 0 Å². The summed E-state index contributed by atoms with van der Waals surface area (Å²) in [4.78, 5) is 28.7. The lowest BCUT2D eigenvalue weighted by molar-refractivity contribution is -0.142. The van der Waals surface area contributed by atoms with E-state index in [-0.39, 0.29) is 25.0 Å². The quantitative estimate of drug-likeness (QED) is 0.265. The first-order chi connectivity index (χ1) is 18.0. The number of carbonyl (C=O) groups is 2. The monoisotopic (exact) mass is 514 g/mol. The van der Waals surface area contributed by atoms with Crippen LogP contribution in [-0.2, 0) is 22.6 Å². The van der Waals surface area contributed by atoms with Crippen molar-refractivity contribution in [2.75, 3.05) is 13.2 Å². The maximum absolute atomic E-state index is 13.7. The first kappa shape index (κ1) is 26.2. The number of halogens is 1. The molecule has 4 rings (SSSR count). The summed E-state index contributed by atoms with van der Waals surface area (Å²) in [5.41, 5.74) is 1.85. The number of carbonyl (C=O) groups excluding carboxylic acids is 2. The smallest absolute Gasteiger partial charge is 0.261 e. The predicted octanol–water partition coefficient (Wildman–Crippen LogP) is 6.04. The highest BCUT2D eigenvalue weighted by molar-refractivity contribution is 6.30. The van der Waals surface area contributed by atoms with Gasteiger partial charge in [0, 0.05) is 29.9 Å². The Balaban J connectivity index is 1.62. The molecule has 0 spiro atoms. The van der Waals surface area contributed by atoms with Crippen LogP contribution in [-0.4, -0.2) is 35.9 Å². The predicted molar refractivity (Wildman–Crippen MR) is 149 cm³/mol. The molecular formula is C31H31ClN2O3. The SMILES string of the molecule is CCCNC(=O)[C@@H](Cc1ccccc1)N(Cc1ccc(Cl)cc1)C(=O)COc1cccc2ccccc12. The molecule has 1 atom stereocenters. The van der Waals surface area contributed by atoms with Crippen molar-refractivity contribution in [1.29, 1.82) is 0 Å². The van der Waals surface area contributed by atoms with Crippen molar-refractivity contribution in [2.24, 2.45) is 0 Å². The summed E-state index contributed by atoms with van der Waals surface area (Å²) in [5.74, 6) is 0.182. The average molecular weight is 515 g/mol. The van der Waals surface area contributed by atoms with E-state index in [4.69, 9.17) is 16.3 Å². The van der Waals surface area contributed by atoms with Crippen LogP contribution in [0.15, 0.2) is 97.1 Å². The first-order valence-electron chi connectivity index (χ1n) is 12.5. The number of hydrogen-bond donors (Lipinski definition) is 1. The number of rotatable bonds is 11. The van der Waals surface area contributed by atoms with E-state index in [1.54, 1.807) is 17.0 Å². The van der Waals surface area contributed by atoms with E-state index in [9.17, 15) is 9.59 Å². The molecule has 1 N–H and O–H groups in total. The lowest BCUT2D eigenvalue weighted by atomic mass is 10.0. The molecule has 0 unspecified atom stereocenters. The fourth-order valence-electron chi connectivity index (χ4n) is 4.25. The summed E-state index contributed by atoms with van der Waals surface area (Å²) in [7, 11) is 0. The number of nitrogens with zero attached hydrogens (tertiary/aromatic N) is 1. The summed E-state index contributed by atoms with van der Waals surface area (Å²) in [6.45, 7) is 2.61. The molecule has 6 heteroatoms. The van der Waals surface area contributed by atoms with Gasteiger partial charge in [-0.05, 0) is 41.1 Å². The second-order valence-electron chi connectivity index (χ2n) is 8.91. The van der Waals surface area contributed by atoms with E-state index in [0.29, 0.717) is 23.7 Å². The van der Waals surface area contributed by atoms with Crippen LogP contribution >= 0.6 is 11.6 Å². The number of fused-ring (bicyclic) bond motifs is 1. The van der Waals surface area contributed by atoms with E-state index in [0.717, 1.165) is 28.3 Å². The molecule has 0 aliphatic rings. The van der Waals surface area contributed by atoms with E-state index >= 15 is 0 Å². The number of benzene rings is 4. The van der Waals surface area contributed by atoms with E-state index in [2.05, 4.69) is 5.32 Å². The minimum atomic E-state index is -0.701. The van der Waals surface area contributed by atoms with Crippen molar-refractivity contribution in [3.8, 4) is 5.75 Å². The molecule has 190 valence electrons. The van der Waals surface area contributed by atoms with E-state index in [1.807, 2.05) is 91.9 Å². The fraction of sp³-hybridized carbons (Fsp3) is 0.226. The molecule has 0 fully saturated rings. The molecule has 2 amide bonds. The Morgan fingerprint density at radius 1 is 0.865 bits per heavy atom. The Hall–Kier alpha value is -3.83. The van der Waals surface area contributed by atoms with Gasteiger partial charge in [-0.15, -0.1) is 0 Å². The molecule has 37 heavy (non-hydrogen) atoms. The van der Waals surface area contributed by atoms with Crippen LogP contribution in [0.2, 0.25) is 5.02 Å². The van der Waals surface area contributed by atoms with Crippen molar-refractivity contribution in [2.45, 2.75) is 32.4 Å². The minimum Gasteiger partial charge on any atom is -0.483 e. The van der Waals surface area contributed by atoms with E-state index in [1.165, 1.54) is 0 Å². The van der Waals surface area contributed by atoms with Crippen molar-refractivity contribution in [1.82, 2.24) is 10.2 Å². The molecule has 5 nitrogen and oxygen atoms in total. The van der Waals surface area contributed by atoms with Gasteiger partial charge in [-0.1, -0.05) is 97.4 Å². The van der Waals surface area contributed by atoms with Crippen LogP contribution in [0.25, 0.3) is 10.8 Å². The Kier molecular flexibility index (Phi) is 9.17. The highest BCUT2D eigenvalue weighted by atomic mass is 35.5. The van der Waals surface area contributed by atoms with Gasteiger partial charge in [-0.2, -0.15) is 0 Å². The second-order valence-corrected chi connectivity index (χ2v) is 9.35. The topological polar surface area (TPSA) is 58.6 Å². The molecule has 0 bridgehead atoms. The largest absolute Gasteiger partial charge is 0.483 e. The molecule has 0 aromatic heterocycles. The van der Waals surface area contributed by atoms with Gasteiger partial charge in [-0.3, -0.25) is 9.59 Å². The van der Waals surface area contributed by atoms with Crippen LogP contribution in [0.3, 0.4) is 0 Å². The molecular weight excluding hydrogens is 484 g/mol. The normalized spacial score (nSPS) is 11.6. The van der Waals surface area contributed by atoms with Crippen LogP contribution in [0.5, 0.6) is 5.75 Å². The molecule has 0 aliphatic carbocycles. The third-order valence-corrected chi connectivity index (χ3v) is 6.44. The van der Waals surface area contributed by atoms with Gasteiger partial charge >= 0.3 is 0 Å². The third-order valence-electron chi connectivity index (χ3n) is 6.19. The van der Waals surface area contributed by atoms with Crippen molar-refractivity contribution < 1.29 is 14.3 Å². The zero-order valence-electron chi connectivity index (χ0n) is 20.9. The molecule has 0 radical (unpaired) electrons. The van der Waals surface area contributed by atoms with E-state index < -0.39 is 6.04 Å². The lowest BCUT2D eigenvalue weighted by Gasteiger charge is -2.31. The van der Waals surface area contributed by atoms with Gasteiger partial charge in [0.05, 0.1) is 0 Å². The van der Waals surface area contributed by atoms with Gasteiger partial charge in [-0.25, -0.2) is 0 Å². The van der Waals surface area contributed by atoms with Crippen molar-refractivity contribution in [3.63, 3.8) is 0 Å².